The summed E-state index contributed by atoms with van der Waals surface area (Å²) in [4.78, 5) is 3.58. The second-order valence-electron chi connectivity index (χ2n) is 6.10. The van der Waals surface area contributed by atoms with Gasteiger partial charge in [0.1, 0.15) is 5.75 Å². The Balaban J connectivity index is 2.02. The summed E-state index contributed by atoms with van der Waals surface area (Å²) in [6, 6.07) is 6.79. The second kappa shape index (κ2) is 4.59. The van der Waals surface area contributed by atoms with E-state index < -0.39 is 0 Å². The third-order valence-corrected chi connectivity index (χ3v) is 4.47. The van der Waals surface area contributed by atoms with Gasteiger partial charge in [0, 0.05) is 28.1 Å². The standard InChI is InChI=1S/C17H23NO/c1-4-5-6-12-9-13-10-16(17(2)7-8-17)18-14(13)11-15(12)19-3/h9-11,18H,4-8H2,1-3H3. The quantitative estimate of drug-likeness (QED) is 0.833. The number of fused-ring (bicyclic) bond motifs is 1. The normalized spacial score (nSPS) is 16.8. The van der Waals surface area contributed by atoms with Gasteiger partial charge in [0.25, 0.3) is 0 Å². The van der Waals surface area contributed by atoms with Gasteiger partial charge in [0.15, 0.2) is 0 Å². The maximum Gasteiger partial charge on any atom is 0.124 e. The van der Waals surface area contributed by atoms with Gasteiger partial charge in [-0.15, -0.1) is 0 Å². The molecule has 2 heteroatoms. The van der Waals surface area contributed by atoms with Crippen LogP contribution in [0.2, 0.25) is 0 Å². The lowest BCUT2D eigenvalue weighted by Gasteiger charge is -2.08. The van der Waals surface area contributed by atoms with Crippen molar-refractivity contribution in [2.24, 2.45) is 0 Å². The van der Waals surface area contributed by atoms with Crippen LogP contribution in [0.1, 0.15) is 50.8 Å². The van der Waals surface area contributed by atoms with E-state index in [4.69, 9.17) is 4.74 Å². The molecule has 0 bridgehead atoms. The lowest BCUT2D eigenvalue weighted by atomic mass is 10.0. The van der Waals surface area contributed by atoms with E-state index in [0.717, 1.165) is 12.2 Å². The lowest BCUT2D eigenvalue weighted by Crippen LogP contribution is -1.98. The number of methoxy groups -OCH3 is 1. The Bertz CT molecular complexity index is 593. The lowest BCUT2D eigenvalue weighted by molar-refractivity contribution is 0.409. The molecule has 1 fully saturated rings. The van der Waals surface area contributed by atoms with E-state index in [2.05, 4.69) is 37.0 Å². The van der Waals surface area contributed by atoms with Crippen molar-refractivity contribution in [3.8, 4) is 5.75 Å². The van der Waals surface area contributed by atoms with Crippen LogP contribution in [-0.4, -0.2) is 12.1 Å². The molecule has 102 valence electrons. The van der Waals surface area contributed by atoms with E-state index in [1.54, 1.807) is 7.11 Å². The van der Waals surface area contributed by atoms with Crippen LogP contribution in [0.4, 0.5) is 0 Å². The summed E-state index contributed by atoms with van der Waals surface area (Å²) in [5.41, 5.74) is 4.33. The van der Waals surface area contributed by atoms with Gasteiger partial charge in [-0.2, -0.15) is 0 Å². The Morgan fingerprint density at radius 2 is 2.05 bits per heavy atom. The molecule has 0 amide bonds. The number of H-pyrrole nitrogens is 1. The minimum absolute atomic E-state index is 0.399. The molecule has 1 aliphatic rings. The molecule has 2 nitrogen and oxygen atoms in total. The largest absolute Gasteiger partial charge is 0.496 e. The fraction of sp³-hybridized carbons (Fsp3) is 0.529. The van der Waals surface area contributed by atoms with E-state index >= 15 is 0 Å². The molecular formula is C17H23NO. The number of aromatic nitrogens is 1. The van der Waals surface area contributed by atoms with Crippen molar-refractivity contribution < 1.29 is 4.74 Å². The summed E-state index contributed by atoms with van der Waals surface area (Å²) >= 11 is 0. The number of hydrogen-bond acceptors (Lipinski definition) is 1. The first kappa shape index (κ1) is 12.6. The van der Waals surface area contributed by atoms with Gasteiger partial charge in [0.05, 0.1) is 7.11 Å². The summed E-state index contributed by atoms with van der Waals surface area (Å²) in [5, 5.41) is 1.33. The average molecular weight is 257 g/mol. The molecule has 1 saturated carbocycles. The molecule has 1 N–H and O–H groups in total. The Morgan fingerprint density at radius 3 is 2.68 bits per heavy atom. The number of benzene rings is 1. The molecular weight excluding hydrogens is 234 g/mol. The predicted molar refractivity (Wildman–Crippen MR) is 80.0 cm³/mol. The van der Waals surface area contributed by atoms with E-state index in [0.29, 0.717) is 5.41 Å². The molecule has 0 spiro atoms. The zero-order valence-electron chi connectivity index (χ0n) is 12.2. The highest BCUT2D eigenvalue weighted by Gasteiger charge is 2.40. The van der Waals surface area contributed by atoms with E-state index in [-0.39, 0.29) is 0 Å². The topological polar surface area (TPSA) is 25.0 Å². The zero-order valence-corrected chi connectivity index (χ0v) is 12.2. The monoisotopic (exact) mass is 257 g/mol. The van der Waals surface area contributed by atoms with Crippen molar-refractivity contribution in [1.82, 2.24) is 4.98 Å². The molecule has 1 aliphatic carbocycles. The highest BCUT2D eigenvalue weighted by Crippen LogP contribution is 2.48. The fourth-order valence-electron chi connectivity index (χ4n) is 2.74. The maximum atomic E-state index is 5.54. The zero-order chi connectivity index (χ0) is 13.5. The highest BCUT2D eigenvalue weighted by atomic mass is 16.5. The third kappa shape index (κ3) is 2.24. The van der Waals surface area contributed by atoms with Gasteiger partial charge in [-0.05, 0) is 43.4 Å². The summed E-state index contributed by atoms with van der Waals surface area (Å²) in [5.74, 6) is 1.02. The summed E-state index contributed by atoms with van der Waals surface area (Å²) < 4.78 is 5.54. The van der Waals surface area contributed by atoms with Gasteiger partial charge in [-0.3, -0.25) is 0 Å². The van der Waals surface area contributed by atoms with Crippen LogP contribution in [0.15, 0.2) is 18.2 Å². The van der Waals surface area contributed by atoms with Gasteiger partial charge in [0.2, 0.25) is 0 Å². The van der Waals surface area contributed by atoms with Crippen molar-refractivity contribution in [2.75, 3.05) is 7.11 Å². The summed E-state index contributed by atoms with van der Waals surface area (Å²) in [6.45, 7) is 4.57. The number of aryl methyl sites for hydroxylation is 1. The SMILES string of the molecule is CCCCc1cc2cc(C3(C)CC3)[nH]c2cc1OC. The van der Waals surface area contributed by atoms with E-state index in [1.807, 2.05) is 0 Å². The van der Waals surface area contributed by atoms with Crippen molar-refractivity contribution in [3.05, 3.63) is 29.5 Å². The molecule has 1 aromatic heterocycles. The van der Waals surface area contributed by atoms with Crippen molar-refractivity contribution >= 4 is 10.9 Å². The number of ether oxygens (including phenoxy) is 1. The van der Waals surface area contributed by atoms with Crippen LogP contribution < -0.4 is 4.74 Å². The minimum atomic E-state index is 0.399. The van der Waals surface area contributed by atoms with Crippen molar-refractivity contribution in [2.45, 2.75) is 51.4 Å². The number of hydrogen-bond donors (Lipinski definition) is 1. The Morgan fingerprint density at radius 1 is 1.26 bits per heavy atom. The molecule has 0 radical (unpaired) electrons. The van der Waals surface area contributed by atoms with Crippen LogP contribution in [0, 0.1) is 0 Å². The smallest absolute Gasteiger partial charge is 0.124 e. The van der Waals surface area contributed by atoms with Crippen molar-refractivity contribution in [3.63, 3.8) is 0 Å². The maximum absolute atomic E-state index is 5.54. The number of aromatic amines is 1. The first-order valence-corrected chi connectivity index (χ1v) is 7.36. The van der Waals surface area contributed by atoms with Crippen molar-refractivity contribution in [1.29, 1.82) is 0 Å². The van der Waals surface area contributed by atoms with Gasteiger partial charge < -0.3 is 9.72 Å². The predicted octanol–water partition coefficient (Wildman–Crippen LogP) is 4.57. The summed E-state index contributed by atoms with van der Waals surface area (Å²) in [6.07, 6.45) is 6.15. The molecule has 0 unspecified atom stereocenters. The van der Waals surface area contributed by atoms with Crippen LogP contribution in [0.25, 0.3) is 10.9 Å². The number of nitrogens with one attached hydrogen (secondary N) is 1. The molecule has 3 rings (SSSR count). The van der Waals surface area contributed by atoms with Crippen LogP contribution >= 0.6 is 0 Å². The Kier molecular flexibility index (Phi) is 3.04. The average Bonchev–Trinajstić information content (AvgIpc) is 3.03. The van der Waals surface area contributed by atoms with Crippen LogP contribution in [0.5, 0.6) is 5.75 Å². The summed E-state index contributed by atoms with van der Waals surface area (Å²) in [7, 11) is 1.77. The van der Waals surface area contributed by atoms with Crippen LogP contribution in [0.3, 0.4) is 0 Å². The first-order chi connectivity index (χ1) is 9.16. The molecule has 0 aliphatic heterocycles. The van der Waals surface area contributed by atoms with Gasteiger partial charge in [-0.1, -0.05) is 20.3 Å². The van der Waals surface area contributed by atoms with E-state index in [9.17, 15) is 0 Å². The molecule has 0 saturated heterocycles. The minimum Gasteiger partial charge on any atom is -0.496 e. The number of unbranched alkanes of at least 4 members (excludes halogenated alkanes) is 1. The highest BCUT2D eigenvalue weighted by molar-refractivity contribution is 5.83. The molecule has 0 atom stereocenters. The Hall–Kier alpha value is -1.44. The van der Waals surface area contributed by atoms with Gasteiger partial charge in [-0.25, -0.2) is 0 Å². The third-order valence-electron chi connectivity index (χ3n) is 4.47. The molecule has 1 heterocycles. The first-order valence-electron chi connectivity index (χ1n) is 7.36. The van der Waals surface area contributed by atoms with E-state index in [1.165, 1.54) is 47.8 Å². The molecule has 2 aromatic rings. The molecule has 1 aromatic carbocycles. The fourth-order valence-corrected chi connectivity index (χ4v) is 2.74. The van der Waals surface area contributed by atoms with Gasteiger partial charge >= 0.3 is 0 Å². The Labute approximate surface area is 115 Å². The van der Waals surface area contributed by atoms with Crippen LogP contribution in [-0.2, 0) is 11.8 Å². The molecule has 19 heavy (non-hydrogen) atoms. The second-order valence-corrected chi connectivity index (χ2v) is 6.10. The number of rotatable bonds is 5.